The second-order valence-electron chi connectivity index (χ2n) is 5.76. The van der Waals surface area contributed by atoms with E-state index in [-0.39, 0.29) is 5.92 Å². The van der Waals surface area contributed by atoms with Crippen molar-refractivity contribution in [3.63, 3.8) is 0 Å². The van der Waals surface area contributed by atoms with E-state index in [9.17, 15) is 4.79 Å². The van der Waals surface area contributed by atoms with Crippen LogP contribution in [0.4, 0.5) is 0 Å². The Bertz CT molecular complexity index is 627. The summed E-state index contributed by atoms with van der Waals surface area (Å²) in [4.78, 5) is 15.3. The van der Waals surface area contributed by atoms with E-state index in [1.807, 2.05) is 13.1 Å². The minimum absolute atomic E-state index is 0.132. The summed E-state index contributed by atoms with van der Waals surface area (Å²) in [5.74, 6) is 0.609. The second kappa shape index (κ2) is 5.23. The van der Waals surface area contributed by atoms with Crippen LogP contribution < -0.4 is 0 Å². The van der Waals surface area contributed by atoms with Crippen LogP contribution >= 0.6 is 0 Å². The third-order valence-electron chi connectivity index (χ3n) is 4.23. The fourth-order valence-corrected chi connectivity index (χ4v) is 3.11. The highest BCUT2D eigenvalue weighted by Gasteiger charge is 2.25. The summed E-state index contributed by atoms with van der Waals surface area (Å²) in [7, 11) is 0. The maximum Gasteiger partial charge on any atom is 0.306 e. The lowest BCUT2D eigenvalue weighted by Crippen LogP contribution is -2.22. The maximum absolute atomic E-state index is 11.0. The van der Waals surface area contributed by atoms with Crippen LogP contribution in [0.1, 0.15) is 37.1 Å². The zero-order valence-electron chi connectivity index (χ0n) is 11.6. The lowest BCUT2D eigenvalue weighted by Gasteiger charge is -2.26. The molecule has 5 heteroatoms. The summed E-state index contributed by atoms with van der Waals surface area (Å²) in [6.07, 6.45) is 6.60. The molecule has 106 valence electrons. The number of nitrogens with zero attached hydrogens (tertiary/aromatic N) is 3. The Labute approximate surface area is 117 Å². The van der Waals surface area contributed by atoms with Gasteiger partial charge in [-0.2, -0.15) is 5.10 Å². The molecule has 20 heavy (non-hydrogen) atoms. The molecule has 1 saturated carbocycles. The largest absolute Gasteiger partial charge is 0.481 e. The van der Waals surface area contributed by atoms with Crippen LogP contribution in [0.2, 0.25) is 0 Å². The van der Waals surface area contributed by atoms with Gasteiger partial charge >= 0.3 is 5.97 Å². The summed E-state index contributed by atoms with van der Waals surface area (Å²) >= 11 is 0. The number of aliphatic carboxylic acids is 1. The van der Waals surface area contributed by atoms with Gasteiger partial charge in [0, 0.05) is 6.20 Å². The highest BCUT2D eigenvalue weighted by molar-refractivity contribution is 5.70. The van der Waals surface area contributed by atoms with Gasteiger partial charge in [0.15, 0.2) is 5.65 Å². The average molecular weight is 273 g/mol. The second-order valence-corrected chi connectivity index (χ2v) is 5.76. The molecule has 1 fully saturated rings. The van der Waals surface area contributed by atoms with Gasteiger partial charge < -0.3 is 5.11 Å². The minimum atomic E-state index is -0.635. The van der Waals surface area contributed by atoms with Crippen molar-refractivity contribution < 1.29 is 9.90 Å². The number of pyridine rings is 1. The van der Waals surface area contributed by atoms with E-state index in [1.165, 1.54) is 5.56 Å². The number of carboxylic acids is 1. The number of aromatic nitrogens is 3. The number of hydrogen-bond acceptors (Lipinski definition) is 3. The molecule has 0 atom stereocenters. The molecule has 2 heterocycles. The van der Waals surface area contributed by atoms with Gasteiger partial charge in [0.25, 0.3) is 0 Å². The van der Waals surface area contributed by atoms with E-state index < -0.39 is 5.97 Å². The van der Waals surface area contributed by atoms with Gasteiger partial charge in [0.2, 0.25) is 0 Å². The van der Waals surface area contributed by atoms with Crippen LogP contribution in [-0.2, 0) is 11.2 Å². The number of carboxylic acid groups (broad SMARTS) is 1. The Hall–Kier alpha value is -1.91. The molecular formula is C15H19N3O2. The molecule has 0 unspecified atom stereocenters. The fraction of sp³-hybridized carbons (Fsp3) is 0.533. The van der Waals surface area contributed by atoms with Crippen LogP contribution in [0.5, 0.6) is 0 Å². The fourth-order valence-electron chi connectivity index (χ4n) is 3.11. The first kappa shape index (κ1) is 13.1. The van der Waals surface area contributed by atoms with Crippen molar-refractivity contribution in [3.05, 3.63) is 29.7 Å². The molecule has 5 nitrogen and oxygen atoms in total. The van der Waals surface area contributed by atoms with E-state index >= 15 is 0 Å². The predicted octanol–water partition coefficient (Wildman–Crippen LogP) is 2.47. The Morgan fingerprint density at radius 2 is 2.15 bits per heavy atom. The zero-order valence-corrected chi connectivity index (χ0v) is 11.6. The Kier molecular flexibility index (Phi) is 3.42. The molecule has 0 aromatic carbocycles. The van der Waals surface area contributed by atoms with Crippen molar-refractivity contribution >= 4 is 11.6 Å². The quantitative estimate of drug-likeness (QED) is 0.932. The average Bonchev–Trinajstić information content (AvgIpc) is 2.78. The summed E-state index contributed by atoms with van der Waals surface area (Å²) in [5.41, 5.74) is 2.16. The molecule has 1 aliphatic rings. The third-order valence-corrected chi connectivity index (χ3v) is 4.23. The van der Waals surface area contributed by atoms with Gasteiger partial charge in [0.1, 0.15) is 5.82 Å². The van der Waals surface area contributed by atoms with Gasteiger partial charge in [-0.15, -0.1) is 0 Å². The normalized spacial score (nSPS) is 23.1. The number of carbonyl (C=O) groups is 1. The van der Waals surface area contributed by atoms with Crippen molar-refractivity contribution in [2.24, 2.45) is 11.8 Å². The summed E-state index contributed by atoms with van der Waals surface area (Å²) in [5, 5.41) is 13.3. The van der Waals surface area contributed by atoms with Crippen molar-refractivity contribution in [2.45, 2.75) is 39.0 Å². The highest BCUT2D eigenvalue weighted by atomic mass is 16.4. The van der Waals surface area contributed by atoms with Gasteiger partial charge in [-0.05, 0) is 62.6 Å². The predicted molar refractivity (Wildman–Crippen MR) is 74.5 cm³/mol. The maximum atomic E-state index is 11.0. The van der Waals surface area contributed by atoms with Crippen LogP contribution in [0.25, 0.3) is 5.65 Å². The van der Waals surface area contributed by atoms with E-state index in [2.05, 4.69) is 22.2 Å². The lowest BCUT2D eigenvalue weighted by atomic mass is 9.79. The molecule has 1 aliphatic carbocycles. The number of fused-ring (bicyclic) bond motifs is 1. The number of hydrogen-bond donors (Lipinski definition) is 1. The molecular weight excluding hydrogens is 254 g/mol. The van der Waals surface area contributed by atoms with Gasteiger partial charge in [-0.25, -0.2) is 9.50 Å². The molecule has 0 radical (unpaired) electrons. The van der Waals surface area contributed by atoms with Crippen molar-refractivity contribution in [2.75, 3.05) is 0 Å². The molecule has 0 aliphatic heterocycles. The van der Waals surface area contributed by atoms with Crippen molar-refractivity contribution in [1.29, 1.82) is 0 Å². The monoisotopic (exact) mass is 273 g/mol. The third kappa shape index (κ3) is 2.66. The molecule has 1 N–H and O–H groups in total. The van der Waals surface area contributed by atoms with Crippen LogP contribution in [0.3, 0.4) is 0 Å². The SMILES string of the molecule is Cc1nc2cc(CC3CCC(C(=O)O)CC3)ccn2n1. The molecule has 3 rings (SSSR count). The van der Waals surface area contributed by atoms with Crippen LogP contribution in [0.15, 0.2) is 18.3 Å². The van der Waals surface area contributed by atoms with Gasteiger partial charge in [0.05, 0.1) is 5.92 Å². The first-order valence-corrected chi connectivity index (χ1v) is 7.16. The first-order chi connectivity index (χ1) is 9.61. The smallest absolute Gasteiger partial charge is 0.306 e. The number of rotatable bonds is 3. The van der Waals surface area contributed by atoms with Gasteiger partial charge in [-0.1, -0.05) is 0 Å². The molecule has 0 saturated heterocycles. The van der Waals surface area contributed by atoms with E-state index in [0.717, 1.165) is 43.6 Å². The molecule has 2 aromatic heterocycles. The Morgan fingerprint density at radius 1 is 1.40 bits per heavy atom. The van der Waals surface area contributed by atoms with E-state index in [0.29, 0.717) is 5.92 Å². The van der Waals surface area contributed by atoms with Crippen molar-refractivity contribution in [3.8, 4) is 0 Å². The highest BCUT2D eigenvalue weighted by Crippen LogP contribution is 2.31. The van der Waals surface area contributed by atoms with Crippen molar-refractivity contribution in [1.82, 2.24) is 14.6 Å². The molecule has 0 amide bonds. The standard InChI is InChI=1S/C15H19N3O2/c1-10-16-14-9-12(6-7-18(14)17-10)8-11-2-4-13(5-3-11)15(19)20/h6-7,9,11,13H,2-5,8H2,1H3,(H,19,20). The lowest BCUT2D eigenvalue weighted by molar-refractivity contribution is -0.143. The summed E-state index contributed by atoms with van der Waals surface area (Å²) in [6, 6.07) is 4.17. The van der Waals surface area contributed by atoms with Crippen LogP contribution in [-0.4, -0.2) is 25.7 Å². The molecule has 0 spiro atoms. The topological polar surface area (TPSA) is 67.5 Å². The van der Waals surface area contributed by atoms with E-state index in [1.54, 1.807) is 4.52 Å². The van der Waals surface area contributed by atoms with E-state index in [4.69, 9.17) is 5.11 Å². The van der Waals surface area contributed by atoms with Gasteiger partial charge in [-0.3, -0.25) is 4.79 Å². The zero-order chi connectivity index (χ0) is 14.1. The Morgan fingerprint density at radius 3 is 2.85 bits per heavy atom. The van der Waals surface area contributed by atoms with Crippen LogP contribution in [0, 0.1) is 18.8 Å². The number of aryl methyl sites for hydroxylation is 1. The Balaban J connectivity index is 1.66. The minimum Gasteiger partial charge on any atom is -0.481 e. The molecule has 2 aromatic rings. The summed E-state index contributed by atoms with van der Waals surface area (Å²) < 4.78 is 1.79. The first-order valence-electron chi connectivity index (χ1n) is 7.16. The summed E-state index contributed by atoms with van der Waals surface area (Å²) in [6.45, 7) is 1.89. The molecule has 0 bridgehead atoms.